The minimum atomic E-state index is 0.154. The van der Waals surface area contributed by atoms with Crippen LogP contribution in [0.1, 0.15) is 0 Å². The van der Waals surface area contributed by atoms with Crippen molar-refractivity contribution in [3.8, 4) is 5.06 Å². The minimum absolute atomic E-state index is 0.154. The highest BCUT2D eigenvalue weighted by Gasteiger charge is 2.22. The van der Waals surface area contributed by atoms with Gasteiger partial charge in [-0.15, -0.1) is 11.3 Å². The van der Waals surface area contributed by atoms with E-state index in [2.05, 4.69) is 18.0 Å². The summed E-state index contributed by atoms with van der Waals surface area (Å²) in [6.45, 7) is 1.47. The lowest BCUT2D eigenvalue weighted by atomic mass is 10.3. The van der Waals surface area contributed by atoms with Gasteiger partial charge in [-0.1, -0.05) is 0 Å². The van der Waals surface area contributed by atoms with Crippen molar-refractivity contribution in [2.75, 3.05) is 25.0 Å². The maximum absolute atomic E-state index is 5.64. The van der Waals surface area contributed by atoms with Gasteiger partial charge in [0.2, 0.25) is 0 Å². The van der Waals surface area contributed by atoms with Crippen LogP contribution in [0.15, 0.2) is 11.4 Å². The van der Waals surface area contributed by atoms with E-state index >= 15 is 0 Å². The van der Waals surface area contributed by atoms with Gasteiger partial charge in [-0.05, 0) is 11.4 Å². The molecule has 0 bridgehead atoms. The third-order valence-electron chi connectivity index (χ3n) is 2.04. The van der Waals surface area contributed by atoms with Gasteiger partial charge < -0.3 is 15.4 Å². The van der Waals surface area contributed by atoms with Crippen LogP contribution in [0.4, 0.5) is 5.69 Å². The van der Waals surface area contributed by atoms with Crippen LogP contribution in [0, 0.1) is 0 Å². The van der Waals surface area contributed by atoms with Gasteiger partial charge in [0, 0.05) is 13.6 Å². The summed E-state index contributed by atoms with van der Waals surface area (Å²) in [5.41, 5.74) is 6.73. The largest absolute Gasteiger partial charge is 0.476 e. The molecular formula is C8H12N2OS. The molecular weight excluding hydrogens is 172 g/mol. The molecule has 1 unspecified atom stereocenters. The first-order valence-electron chi connectivity index (χ1n) is 3.96. The Morgan fingerprint density at radius 2 is 2.67 bits per heavy atom. The summed E-state index contributed by atoms with van der Waals surface area (Å²) in [4.78, 5) is 2.19. The van der Waals surface area contributed by atoms with Gasteiger partial charge in [0.05, 0.1) is 12.2 Å². The zero-order valence-corrected chi connectivity index (χ0v) is 7.80. The first-order chi connectivity index (χ1) is 5.81. The van der Waals surface area contributed by atoms with Crippen molar-refractivity contribution in [1.29, 1.82) is 0 Å². The Bertz CT molecular complexity index is 274. The number of hydrogen-bond acceptors (Lipinski definition) is 4. The normalized spacial score (nSPS) is 21.8. The number of nitrogens with zero attached hydrogens (tertiary/aromatic N) is 1. The Morgan fingerprint density at radius 3 is 3.42 bits per heavy atom. The maximum atomic E-state index is 5.64. The van der Waals surface area contributed by atoms with Crippen molar-refractivity contribution in [1.82, 2.24) is 0 Å². The van der Waals surface area contributed by atoms with E-state index in [1.807, 2.05) is 5.38 Å². The average molecular weight is 184 g/mol. The molecule has 12 heavy (non-hydrogen) atoms. The molecule has 2 N–H and O–H groups in total. The molecule has 2 heterocycles. The van der Waals surface area contributed by atoms with Gasteiger partial charge in [-0.25, -0.2) is 0 Å². The lowest BCUT2D eigenvalue weighted by Crippen LogP contribution is -2.41. The van der Waals surface area contributed by atoms with Gasteiger partial charge in [0.25, 0.3) is 0 Å². The quantitative estimate of drug-likeness (QED) is 0.705. The summed E-state index contributed by atoms with van der Waals surface area (Å²) in [6.07, 6.45) is 0.154. The second-order valence-corrected chi connectivity index (χ2v) is 3.83. The van der Waals surface area contributed by atoms with Crippen molar-refractivity contribution in [3.63, 3.8) is 0 Å². The van der Waals surface area contributed by atoms with E-state index in [-0.39, 0.29) is 6.10 Å². The molecule has 1 aliphatic heterocycles. The zero-order valence-electron chi connectivity index (χ0n) is 6.99. The Kier molecular flexibility index (Phi) is 1.94. The third-order valence-corrected chi connectivity index (χ3v) is 2.83. The van der Waals surface area contributed by atoms with Gasteiger partial charge in [0.15, 0.2) is 5.06 Å². The number of nitrogens with two attached hydrogens (primary N) is 1. The second-order valence-electron chi connectivity index (χ2n) is 2.95. The molecule has 0 saturated carbocycles. The Labute approximate surface area is 75.7 Å². The monoisotopic (exact) mass is 184 g/mol. The lowest BCUT2D eigenvalue weighted by Gasteiger charge is -2.30. The smallest absolute Gasteiger partial charge is 0.198 e. The van der Waals surface area contributed by atoms with Crippen molar-refractivity contribution in [3.05, 3.63) is 11.4 Å². The first kappa shape index (κ1) is 7.89. The van der Waals surface area contributed by atoms with Crippen LogP contribution in [-0.2, 0) is 0 Å². The van der Waals surface area contributed by atoms with Crippen LogP contribution in [0.5, 0.6) is 5.06 Å². The molecule has 4 heteroatoms. The molecule has 1 atom stereocenters. The molecule has 0 saturated heterocycles. The van der Waals surface area contributed by atoms with Crippen LogP contribution in [0.2, 0.25) is 0 Å². The van der Waals surface area contributed by atoms with Crippen molar-refractivity contribution in [2.45, 2.75) is 6.10 Å². The molecule has 0 aromatic carbocycles. The number of anilines is 1. The fourth-order valence-electron chi connectivity index (χ4n) is 1.38. The number of hydrogen-bond donors (Lipinski definition) is 1. The Morgan fingerprint density at radius 1 is 1.83 bits per heavy atom. The standard InChI is InChI=1S/C8H12N2OS/c1-10-5-6(4-9)11-8-7(10)2-3-12-8/h2-3,6H,4-5,9H2,1H3. The summed E-state index contributed by atoms with van der Waals surface area (Å²) < 4.78 is 5.64. The van der Waals surface area contributed by atoms with Crippen LogP contribution in [0.3, 0.4) is 0 Å². The van der Waals surface area contributed by atoms with Gasteiger partial charge in [-0.3, -0.25) is 0 Å². The predicted octanol–water partition coefficient (Wildman–Crippen LogP) is 0.904. The second kappa shape index (κ2) is 2.95. The van der Waals surface area contributed by atoms with Crippen molar-refractivity contribution < 1.29 is 4.74 Å². The molecule has 1 aromatic heterocycles. The van der Waals surface area contributed by atoms with Crippen molar-refractivity contribution in [2.24, 2.45) is 5.73 Å². The number of fused-ring (bicyclic) bond motifs is 1. The molecule has 0 amide bonds. The van der Waals surface area contributed by atoms with E-state index in [1.165, 1.54) is 5.69 Å². The number of thiophene rings is 1. The Balaban J connectivity index is 2.26. The predicted molar refractivity (Wildman–Crippen MR) is 51.1 cm³/mol. The van der Waals surface area contributed by atoms with E-state index in [0.29, 0.717) is 6.54 Å². The van der Waals surface area contributed by atoms with Crippen LogP contribution >= 0.6 is 11.3 Å². The fourth-order valence-corrected chi connectivity index (χ4v) is 2.23. The highest BCUT2D eigenvalue weighted by Crippen LogP contribution is 2.37. The summed E-state index contributed by atoms with van der Waals surface area (Å²) in [7, 11) is 2.07. The average Bonchev–Trinajstić information content (AvgIpc) is 2.52. The lowest BCUT2D eigenvalue weighted by molar-refractivity contribution is 0.211. The number of rotatable bonds is 1. The number of ether oxygens (including phenoxy) is 1. The summed E-state index contributed by atoms with van der Waals surface area (Å²) >= 11 is 1.63. The zero-order chi connectivity index (χ0) is 8.55. The molecule has 0 fully saturated rings. The highest BCUT2D eigenvalue weighted by atomic mass is 32.1. The van der Waals surface area contributed by atoms with Gasteiger partial charge in [-0.2, -0.15) is 0 Å². The molecule has 0 spiro atoms. The highest BCUT2D eigenvalue weighted by molar-refractivity contribution is 7.12. The molecule has 0 aliphatic carbocycles. The molecule has 1 aliphatic rings. The first-order valence-corrected chi connectivity index (χ1v) is 4.84. The molecule has 1 aromatic rings. The van der Waals surface area contributed by atoms with E-state index in [9.17, 15) is 0 Å². The fraction of sp³-hybridized carbons (Fsp3) is 0.500. The topological polar surface area (TPSA) is 38.5 Å². The molecule has 66 valence electrons. The molecule has 2 rings (SSSR count). The molecule has 3 nitrogen and oxygen atoms in total. The summed E-state index contributed by atoms with van der Waals surface area (Å²) in [5.74, 6) is 0. The van der Waals surface area contributed by atoms with Crippen LogP contribution in [0.25, 0.3) is 0 Å². The van der Waals surface area contributed by atoms with Crippen LogP contribution < -0.4 is 15.4 Å². The third kappa shape index (κ3) is 1.17. The van der Waals surface area contributed by atoms with E-state index in [4.69, 9.17) is 10.5 Å². The number of likely N-dealkylation sites (N-methyl/N-ethyl adjacent to an activating group) is 1. The van der Waals surface area contributed by atoms with E-state index in [0.717, 1.165) is 11.6 Å². The van der Waals surface area contributed by atoms with Gasteiger partial charge in [0.1, 0.15) is 6.10 Å². The van der Waals surface area contributed by atoms with Crippen LogP contribution in [-0.4, -0.2) is 26.2 Å². The SMILES string of the molecule is CN1CC(CN)Oc2sccc21. The summed E-state index contributed by atoms with van der Waals surface area (Å²) in [6, 6.07) is 2.08. The Hall–Kier alpha value is -0.740. The van der Waals surface area contributed by atoms with E-state index < -0.39 is 0 Å². The van der Waals surface area contributed by atoms with Crippen molar-refractivity contribution >= 4 is 17.0 Å². The minimum Gasteiger partial charge on any atom is -0.476 e. The van der Waals surface area contributed by atoms with E-state index in [1.54, 1.807) is 11.3 Å². The molecule has 0 radical (unpaired) electrons. The maximum Gasteiger partial charge on any atom is 0.198 e. The van der Waals surface area contributed by atoms with Gasteiger partial charge >= 0.3 is 0 Å². The summed E-state index contributed by atoms with van der Waals surface area (Å²) in [5, 5.41) is 3.04.